The summed E-state index contributed by atoms with van der Waals surface area (Å²) in [5.74, 6) is 0.941. The maximum atomic E-state index is 6.12. The van der Waals surface area contributed by atoms with Gasteiger partial charge in [0.1, 0.15) is 5.75 Å². The van der Waals surface area contributed by atoms with Gasteiger partial charge in [0.2, 0.25) is 0 Å². The summed E-state index contributed by atoms with van der Waals surface area (Å²) in [4.78, 5) is 0. The fourth-order valence-electron chi connectivity index (χ4n) is 1.92. The lowest BCUT2D eigenvalue weighted by Gasteiger charge is -2.11. The van der Waals surface area contributed by atoms with Crippen LogP contribution in [0, 0.1) is 0 Å². The van der Waals surface area contributed by atoms with E-state index in [1.54, 1.807) is 0 Å². The van der Waals surface area contributed by atoms with Gasteiger partial charge >= 0.3 is 0 Å². The van der Waals surface area contributed by atoms with Gasteiger partial charge in [0, 0.05) is 23.7 Å². The Morgan fingerprint density at radius 1 is 0.950 bits per heavy atom. The molecule has 0 aliphatic heterocycles. The van der Waals surface area contributed by atoms with Gasteiger partial charge in [0.15, 0.2) is 0 Å². The Balaban J connectivity index is 0.00000200. The lowest BCUT2D eigenvalue weighted by molar-refractivity contribution is -0.00000433. The molecule has 2 aromatic carbocycles. The van der Waals surface area contributed by atoms with Crippen LogP contribution in [0.2, 0.25) is 5.02 Å². The number of rotatable bonds is 6. The highest BCUT2D eigenvalue weighted by Crippen LogP contribution is 2.18. The number of nitrogens with one attached hydrogen (secondary N) is 1. The molecule has 0 heterocycles. The second-order valence-electron chi connectivity index (χ2n) is 4.24. The Morgan fingerprint density at radius 3 is 2.25 bits per heavy atom. The van der Waals surface area contributed by atoms with E-state index >= 15 is 0 Å². The molecular weight excluding hydrogens is 293 g/mol. The van der Waals surface area contributed by atoms with Crippen molar-refractivity contribution in [1.29, 1.82) is 0 Å². The second kappa shape index (κ2) is 8.85. The van der Waals surface area contributed by atoms with Crippen molar-refractivity contribution in [3.05, 3.63) is 64.7 Å². The van der Waals surface area contributed by atoms with Crippen LogP contribution in [0.3, 0.4) is 0 Å². The molecule has 2 aromatic rings. The average Bonchev–Trinajstić information content (AvgIpc) is 2.43. The molecule has 0 saturated heterocycles. The quantitative estimate of drug-likeness (QED) is 0.860. The largest absolute Gasteiger partial charge is 1.00 e. The van der Waals surface area contributed by atoms with Crippen LogP contribution in [0.4, 0.5) is 0 Å². The number of benzene rings is 2. The minimum Gasteiger partial charge on any atom is -1.00 e. The minimum absolute atomic E-state index is 0. The van der Waals surface area contributed by atoms with Gasteiger partial charge in [-0.2, -0.15) is 0 Å². The summed E-state index contributed by atoms with van der Waals surface area (Å²) >= 11 is 6.12. The molecule has 2 nitrogen and oxygen atoms in total. The molecule has 0 aliphatic rings. The normalized spacial score (nSPS) is 9.90. The molecule has 0 fully saturated rings. The molecule has 0 amide bonds. The number of hydrogen-bond donors (Lipinski definition) is 1. The van der Waals surface area contributed by atoms with Gasteiger partial charge in [-0.05, 0) is 24.6 Å². The predicted octanol–water partition coefficient (Wildman–Crippen LogP) is 1.03. The van der Waals surface area contributed by atoms with Gasteiger partial charge in [0.05, 0.1) is 6.61 Å². The fraction of sp³-hybridized carbons (Fsp3) is 0.250. The van der Waals surface area contributed by atoms with E-state index in [1.165, 1.54) is 0 Å². The van der Waals surface area contributed by atoms with Gasteiger partial charge in [-0.1, -0.05) is 48.0 Å². The fourth-order valence-corrected chi connectivity index (χ4v) is 2.12. The lowest BCUT2D eigenvalue weighted by atomic mass is 10.2. The minimum atomic E-state index is 0. The highest BCUT2D eigenvalue weighted by molar-refractivity contribution is 6.31. The third-order valence-corrected chi connectivity index (χ3v) is 3.23. The lowest BCUT2D eigenvalue weighted by Crippen LogP contribution is -3.00. The van der Waals surface area contributed by atoms with Crippen LogP contribution in [0.15, 0.2) is 48.5 Å². The van der Waals surface area contributed by atoms with Crippen LogP contribution in [-0.2, 0) is 13.1 Å². The first-order valence-corrected chi connectivity index (χ1v) is 6.84. The average molecular weight is 311 g/mol. The summed E-state index contributed by atoms with van der Waals surface area (Å²) in [7, 11) is 0. The van der Waals surface area contributed by atoms with Crippen LogP contribution >= 0.6 is 11.6 Å². The maximum absolute atomic E-state index is 6.12. The van der Waals surface area contributed by atoms with Crippen molar-refractivity contribution < 1.29 is 17.1 Å². The molecule has 0 radical (unpaired) electrons. The van der Waals surface area contributed by atoms with E-state index < -0.39 is 0 Å². The summed E-state index contributed by atoms with van der Waals surface area (Å²) in [5, 5.41) is 4.19. The van der Waals surface area contributed by atoms with Gasteiger partial charge in [-0.15, -0.1) is 0 Å². The SMILES string of the molecule is CCOc1ccccc1CNCc1ccccc1Cl.[Cl-]. The Kier molecular flexibility index (Phi) is 7.45. The zero-order chi connectivity index (χ0) is 13.5. The molecule has 20 heavy (non-hydrogen) atoms. The van der Waals surface area contributed by atoms with Crippen molar-refractivity contribution in [3.8, 4) is 5.75 Å². The van der Waals surface area contributed by atoms with Gasteiger partial charge in [0.25, 0.3) is 0 Å². The van der Waals surface area contributed by atoms with Crippen LogP contribution in [-0.4, -0.2) is 6.61 Å². The molecule has 0 bridgehead atoms. The van der Waals surface area contributed by atoms with Gasteiger partial charge < -0.3 is 22.5 Å². The van der Waals surface area contributed by atoms with Crippen molar-refractivity contribution in [2.75, 3.05) is 6.61 Å². The van der Waals surface area contributed by atoms with Crippen molar-refractivity contribution in [2.45, 2.75) is 20.0 Å². The third-order valence-electron chi connectivity index (χ3n) is 2.86. The number of hydrogen-bond acceptors (Lipinski definition) is 2. The van der Waals surface area contributed by atoms with Crippen LogP contribution in [0.25, 0.3) is 0 Å². The molecule has 0 unspecified atom stereocenters. The summed E-state index contributed by atoms with van der Waals surface area (Å²) in [6, 6.07) is 16.0. The summed E-state index contributed by atoms with van der Waals surface area (Å²) in [6.07, 6.45) is 0. The maximum Gasteiger partial charge on any atom is 0.123 e. The predicted molar refractivity (Wildman–Crippen MR) is 79.6 cm³/mol. The first-order chi connectivity index (χ1) is 9.31. The first kappa shape index (κ1) is 16.8. The van der Waals surface area contributed by atoms with E-state index in [9.17, 15) is 0 Å². The van der Waals surface area contributed by atoms with Gasteiger partial charge in [-0.3, -0.25) is 0 Å². The summed E-state index contributed by atoms with van der Waals surface area (Å²) in [5.41, 5.74) is 2.27. The molecule has 2 rings (SSSR count). The molecule has 1 N–H and O–H groups in total. The highest BCUT2D eigenvalue weighted by atomic mass is 35.5. The second-order valence-corrected chi connectivity index (χ2v) is 4.64. The number of halogens is 2. The molecule has 108 valence electrons. The van der Waals surface area contributed by atoms with E-state index in [1.807, 2.05) is 49.4 Å². The molecule has 0 atom stereocenters. The topological polar surface area (TPSA) is 21.3 Å². The molecule has 0 spiro atoms. The van der Waals surface area contributed by atoms with Crippen LogP contribution in [0.1, 0.15) is 18.1 Å². The zero-order valence-corrected chi connectivity index (χ0v) is 12.9. The van der Waals surface area contributed by atoms with E-state index in [2.05, 4.69) is 11.4 Å². The standard InChI is InChI=1S/C16H18ClNO.ClH/c1-2-19-16-10-6-4-8-14(16)12-18-11-13-7-3-5-9-15(13)17;/h3-10,18H,2,11-12H2,1H3;1H/p-1. The Bertz CT molecular complexity index is 531. The third kappa shape index (κ3) is 4.71. The van der Waals surface area contributed by atoms with E-state index in [0.717, 1.165) is 35.0 Å². The van der Waals surface area contributed by atoms with Crippen molar-refractivity contribution in [2.24, 2.45) is 0 Å². The smallest absolute Gasteiger partial charge is 0.123 e. The van der Waals surface area contributed by atoms with E-state index in [0.29, 0.717) is 6.61 Å². The molecule has 0 aliphatic carbocycles. The van der Waals surface area contributed by atoms with Crippen LogP contribution in [0.5, 0.6) is 5.75 Å². The number of para-hydroxylation sites is 1. The molecule has 4 heteroatoms. The highest BCUT2D eigenvalue weighted by Gasteiger charge is 2.03. The molecule has 0 aromatic heterocycles. The van der Waals surface area contributed by atoms with E-state index in [4.69, 9.17) is 16.3 Å². The van der Waals surface area contributed by atoms with Crippen LogP contribution < -0.4 is 22.5 Å². The monoisotopic (exact) mass is 310 g/mol. The zero-order valence-electron chi connectivity index (χ0n) is 11.4. The van der Waals surface area contributed by atoms with E-state index in [-0.39, 0.29) is 12.4 Å². The summed E-state index contributed by atoms with van der Waals surface area (Å²) < 4.78 is 5.60. The first-order valence-electron chi connectivity index (χ1n) is 6.46. The Morgan fingerprint density at radius 2 is 1.55 bits per heavy atom. The molecular formula is C16H18Cl2NO-. The summed E-state index contributed by atoms with van der Waals surface area (Å²) in [6.45, 7) is 4.19. The van der Waals surface area contributed by atoms with Crippen molar-refractivity contribution >= 4 is 11.6 Å². The van der Waals surface area contributed by atoms with Crippen molar-refractivity contribution in [3.63, 3.8) is 0 Å². The van der Waals surface area contributed by atoms with Crippen molar-refractivity contribution in [1.82, 2.24) is 5.32 Å². The Labute approximate surface area is 131 Å². The number of ether oxygens (including phenoxy) is 1. The molecule has 0 saturated carbocycles. The van der Waals surface area contributed by atoms with Gasteiger partial charge in [-0.25, -0.2) is 0 Å². The Hall–Kier alpha value is -1.22.